The Morgan fingerprint density at radius 3 is 3.08 bits per heavy atom. The number of amides is 1. The quantitative estimate of drug-likeness (QED) is 0.768. The Morgan fingerprint density at radius 2 is 2.32 bits per heavy atom. The first kappa shape index (κ1) is 18.0. The topological polar surface area (TPSA) is 60.9 Å². The lowest BCUT2D eigenvalue weighted by Crippen LogP contribution is -2.47. The predicted octanol–water partition coefficient (Wildman–Crippen LogP) is 3.12. The smallest absolute Gasteiger partial charge is 0.267 e. The van der Waals surface area contributed by atoms with Gasteiger partial charge in [-0.15, -0.1) is 11.3 Å². The number of morpholine rings is 1. The molecule has 1 aliphatic heterocycles. The van der Waals surface area contributed by atoms with Crippen LogP contribution >= 0.6 is 22.9 Å². The minimum atomic E-state index is -0.203. The molecule has 1 atom stereocenters. The van der Waals surface area contributed by atoms with Crippen molar-refractivity contribution in [2.45, 2.75) is 13.0 Å². The molecular formula is C17H19ClN2O4S. The maximum Gasteiger partial charge on any atom is 0.267 e. The van der Waals surface area contributed by atoms with E-state index in [4.69, 9.17) is 25.8 Å². The molecule has 0 N–H and O–H groups in total. The van der Waals surface area contributed by atoms with Crippen molar-refractivity contribution in [1.82, 2.24) is 9.88 Å². The maximum absolute atomic E-state index is 12.7. The number of thiophene rings is 1. The Kier molecular flexibility index (Phi) is 6.12. The van der Waals surface area contributed by atoms with Crippen LogP contribution in [0.5, 0.6) is 11.6 Å². The number of halogens is 1. The monoisotopic (exact) mass is 382 g/mol. The Hall–Kier alpha value is -1.83. The highest BCUT2D eigenvalue weighted by Gasteiger charge is 2.28. The third-order valence-electron chi connectivity index (χ3n) is 3.67. The second kappa shape index (κ2) is 8.51. The Balaban J connectivity index is 1.57. The molecule has 1 unspecified atom stereocenters. The van der Waals surface area contributed by atoms with E-state index in [9.17, 15) is 4.79 Å². The van der Waals surface area contributed by atoms with E-state index in [1.54, 1.807) is 17.0 Å². The van der Waals surface area contributed by atoms with E-state index in [-0.39, 0.29) is 12.0 Å². The fraction of sp³-hybridized carbons (Fsp3) is 0.412. The third-order valence-corrected chi connectivity index (χ3v) is 4.77. The number of carbonyl (C=O) groups is 1. The molecule has 6 nitrogen and oxygen atoms in total. The number of hydrogen-bond acceptors (Lipinski definition) is 6. The minimum absolute atomic E-state index is 0.0311. The number of nitrogens with zero attached hydrogens (tertiary/aromatic N) is 2. The van der Waals surface area contributed by atoms with Gasteiger partial charge < -0.3 is 19.1 Å². The van der Waals surface area contributed by atoms with Gasteiger partial charge >= 0.3 is 0 Å². The Bertz CT molecular complexity index is 707. The van der Waals surface area contributed by atoms with Crippen molar-refractivity contribution in [3.05, 3.63) is 39.7 Å². The first-order chi connectivity index (χ1) is 12.2. The average molecular weight is 383 g/mol. The predicted molar refractivity (Wildman–Crippen MR) is 95.9 cm³/mol. The molecule has 0 aliphatic carbocycles. The standard InChI is InChI=1S/C17H19ClN2O4S/c1-2-22-14-5-8-25-16(14)17(21)20-6-7-23-13(10-20)11-24-15-4-3-12(18)9-19-15/h3-5,8-9,13H,2,6-7,10-11H2,1H3. The van der Waals surface area contributed by atoms with E-state index >= 15 is 0 Å². The summed E-state index contributed by atoms with van der Waals surface area (Å²) >= 11 is 7.20. The summed E-state index contributed by atoms with van der Waals surface area (Å²) in [4.78, 5) is 19.2. The van der Waals surface area contributed by atoms with Crippen LogP contribution in [0.1, 0.15) is 16.6 Å². The third kappa shape index (κ3) is 4.62. The van der Waals surface area contributed by atoms with Crippen LogP contribution in [0.4, 0.5) is 0 Å². The number of carbonyl (C=O) groups excluding carboxylic acids is 1. The van der Waals surface area contributed by atoms with E-state index in [0.29, 0.717) is 54.4 Å². The summed E-state index contributed by atoms with van der Waals surface area (Å²) in [7, 11) is 0. The number of ether oxygens (including phenoxy) is 3. The second-order valence-corrected chi connectivity index (χ2v) is 6.77. The molecule has 8 heteroatoms. The molecule has 0 bridgehead atoms. The second-order valence-electron chi connectivity index (χ2n) is 5.42. The van der Waals surface area contributed by atoms with Gasteiger partial charge in [-0.25, -0.2) is 4.98 Å². The first-order valence-corrected chi connectivity index (χ1v) is 9.28. The van der Waals surface area contributed by atoms with Gasteiger partial charge in [-0.2, -0.15) is 0 Å². The normalized spacial score (nSPS) is 17.4. The van der Waals surface area contributed by atoms with Crippen molar-refractivity contribution in [1.29, 1.82) is 0 Å². The fourth-order valence-corrected chi connectivity index (χ4v) is 3.41. The fourth-order valence-electron chi connectivity index (χ4n) is 2.50. The molecule has 1 saturated heterocycles. The number of pyridine rings is 1. The summed E-state index contributed by atoms with van der Waals surface area (Å²) < 4.78 is 16.8. The van der Waals surface area contributed by atoms with Gasteiger partial charge in [0.2, 0.25) is 5.88 Å². The van der Waals surface area contributed by atoms with Gasteiger partial charge in [0, 0.05) is 18.8 Å². The first-order valence-electron chi connectivity index (χ1n) is 8.03. The summed E-state index contributed by atoms with van der Waals surface area (Å²) in [6.07, 6.45) is 1.33. The number of aromatic nitrogens is 1. The van der Waals surface area contributed by atoms with Crippen molar-refractivity contribution in [2.75, 3.05) is 32.9 Å². The molecule has 1 aliphatic rings. The number of rotatable bonds is 6. The lowest BCUT2D eigenvalue weighted by molar-refractivity contribution is -0.0406. The van der Waals surface area contributed by atoms with E-state index in [2.05, 4.69) is 4.98 Å². The molecule has 25 heavy (non-hydrogen) atoms. The highest BCUT2D eigenvalue weighted by Crippen LogP contribution is 2.27. The molecule has 0 aromatic carbocycles. The van der Waals surface area contributed by atoms with E-state index in [1.807, 2.05) is 18.4 Å². The highest BCUT2D eigenvalue weighted by molar-refractivity contribution is 7.12. The summed E-state index contributed by atoms with van der Waals surface area (Å²) in [5.41, 5.74) is 0. The summed E-state index contributed by atoms with van der Waals surface area (Å²) in [5.74, 6) is 1.09. The van der Waals surface area contributed by atoms with Crippen LogP contribution in [0.25, 0.3) is 0 Å². The van der Waals surface area contributed by atoms with Gasteiger partial charge in [-0.3, -0.25) is 4.79 Å². The molecule has 1 fully saturated rings. The van der Waals surface area contributed by atoms with Gasteiger partial charge in [0.15, 0.2) is 0 Å². The molecular weight excluding hydrogens is 364 g/mol. The van der Waals surface area contributed by atoms with Crippen molar-refractivity contribution in [3.63, 3.8) is 0 Å². The van der Waals surface area contributed by atoms with Gasteiger partial charge in [0.25, 0.3) is 5.91 Å². The average Bonchev–Trinajstić information content (AvgIpc) is 3.09. The molecule has 1 amide bonds. The maximum atomic E-state index is 12.7. The lowest BCUT2D eigenvalue weighted by Gasteiger charge is -2.32. The summed E-state index contributed by atoms with van der Waals surface area (Å²) in [5, 5.41) is 2.42. The van der Waals surface area contributed by atoms with E-state index in [0.717, 1.165) is 0 Å². The van der Waals surface area contributed by atoms with E-state index in [1.165, 1.54) is 17.5 Å². The molecule has 2 aromatic heterocycles. The van der Waals surface area contributed by atoms with Gasteiger partial charge in [-0.05, 0) is 24.4 Å². The van der Waals surface area contributed by atoms with Gasteiger partial charge in [-0.1, -0.05) is 11.6 Å². The zero-order valence-corrected chi connectivity index (χ0v) is 15.4. The molecule has 2 aromatic rings. The molecule has 0 spiro atoms. The van der Waals surface area contributed by atoms with Crippen molar-refractivity contribution in [3.8, 4) is 11.6 Å². The molecule has 3 heterocycles. The molecule has 3 rings (SSSR count). The summed E-state index contributed by atoms with van der Waals surface area (Å²) in [6.45, 7) is 4.25. The van der Waals surface area contributed by atoms with Crippen LogP contribution in [-0.4, -0.2) is 54.8 Å². The molecule has 0 radical (unpaired) electrons. The zero-order chi connectivity index (χ0) is 17.6. The number of hydrogen-bond donors (Lipinski definition) is 0. The van der Waals surface area contributed by atoms with E-state index < -0.39 is 0 Å². The summed E-state index contributed by atoms with van der Waals surface area (Å²) in [6, 6.07) is 5.25. The van der Waals surface area contributed by atoms with Crippen LogP contribution in [-0.2, 0) is 4.74 Å². The van der Waals surface area contributed by atoms with Crippen LogP contribution in [0.3, 0.4) is 0 Å². The van der Waals surface area contributed by atoms with Crippen LogP contribution < -0.4 is 9.47 Å². The SMILES string of the molecule is CCOc1ccsc1C(=O)N1CCOC(COc2ccc(Cl)cn2)C1. The van der Waals surface area contributed by atoms with Crippen molar-refractivity contribution < 1.29 is 19.0 Å². The highest BCUT2D eigenvalue weighted by atomic mass is 35.5. The van der Waals surface area contributed by atoms with Crippen LogP contribution in [0.2, 0.25) is 5.02 Å². The van der Waals surface area contributed by atoms with Gasteiger partial charge in [0.1, 0.15) is 23.3 Å². The lowest BCUT2D eigenvalue weighted by atomic mass is 10.2. The Morgan fingerprint density at radius 1 is 1.44 bits per heavy atom. The minimum Gasteiger partial charge on any atom is -0.492 e. The zero-order valence-electron chi connectivity index (χ0n) is 13.8. The van der Waals surface area contributed by atoms with Crippen molar-refractivity contribution >= 4 is 28.8 Å². The largest absolute Gasteiger partial charge is 0.492 e. The van der Waals surface area contributed by atoms with Crippen LogP contribution in [0.15, 0.2) is 29.8 Å². The van der Waals surface area contributed by atoms with Crippen molar-refractivity contribution in [2.24, 2.45) is 0 Å². The molecule has 134 valence electrons. The van der Waals surface area contributed by atoms with Gasteiger partial charge in [0.05, 0.1) is 24.8 Å². The van der Waals surface area contributed by atoms with Crippen LogP contribution in [0, 0.1) is 0 Å². The Labute approximate surface area is 155 Å². The molecule has 0 saturated carbocycles.